The van der Waals surface area contributed by atoms with Gasteiger partial charge in [-0.25, -0.2) is 13.8 Å². The Labute approximate surface area is 97.2 Å². The normalized spacial score (nSPS) is 11.9. The number of rotatable bonds is 3. The molecule has 1 aromatic heterocycles. The van der Waals surface area contributed by atoms with Crippen LogP contribution in [0, 0.1) is 0 Å². The largest absolute Gasteiger partial charge is 0.481 e. The Bertz CT molecular complexity index is 473. The summed E-state index contributed by atoms with van der Waals surface area (Å²) < 4.78 is 62.3. The van der Waals surface area contributed by atoms with Crippen LogP contribution in [0.5, 0.6) is 0 Å². The third-order valence-corrected chi connectivity index (χ3v) is 2.02. The van der Waals surface area contributed by atoms with Gasteiger partial charge in [0.1, 0.15) is 11.5 Å². The van der Waals surface area contributed by atoms with Crippen LogP contribution in [0.1, 0.15) is 23.2 Å². The Kier molecular flexibility index (Phi) is 3.73. The molecule has 1 aromatic rings. The van der Waals surface area contributed by atoms with Gasteiger partial charge in [0.2, 0.25) is 0 Å². The van der Waals surface area contributed by atoms with Gasteiger partial charge in [-0.15, -0.1) is 0 Å². The first kappa shape index (κ1) is 14.1. The average molecular weight is 270 g/mol. The molecule has 0 atom stereocenters. The number of carboxylic acids is 1. The maximum atomic E-state index is 12.5. The van der Waals surface area contributed by atoms with Crippen molar-refractivity contribution in [2.24, 2.45) is 0 Å². The summed E-state index contributed by atoms with van der Waals surface area (Å²) in [4.78, 5) is 13.3. The first-order chi connectivity index (χ1) is 8.12. The summed E-state index contributed by atoms with van der Waals surface area (Å²) in [5, 5.41) is 8.45. The van der Waals surface area contributed by atoms with E-state index in [0.29, 0.717) is 0 Å². The van der Waals surface area contributed by atoms with Gasteiger partial charge in [-0.1, -0.05) is 0 Å². The molecule has 18 heavy (non-hydrogen) atoms. The van der Waals surface area contributed by atoms with Crippen LogP contribution in [0.4, 0.5) is 27.8 Å². The lowest BCUT2D eigenvalue weighted by Gasteiger charge is -2.14. The highest BCUT2D eigenvalue weighted by atomic mass is 19.4. The minimum absolute atomic E-state index is 0.290. The number of hydrogen-bond donors (Lipinski definition) is 2. The van der Waals surface area contributed by atoms with E-state index in [1.807, 2.05) is 0 Å². The summed E-state index contributed by atoms with van der Waals surface area (Å²) in [7, 11) is 0. The molecule has 0 bridgehead atoms. The van der Waals surface area contributed by atoms with E-state index in [4.69, 9.17) is 10.8 Å². The molecule has 0 saturated carbocycles. The van der Waals surface area contributed by atoms with E-state index in [2.05, 4.69) is 4.98 Å². The number of nitrogen functional groups attached to an aromatic ring is 1. The fraction of sp³-hybridized carbons (Fsp3) is 0.333. The first-order valence-electron chi connectivity index (χ1n) is 4.49. The van der Waals surface area contributed by atoms with E-state index >= 15 is 0 Å². The lowest BCUT2D eigenvalue weighted by molar-refractivity contribution is -0.140. The van der Waals surface area contributed by atoms with Crippen molar-refractivity contribution >= 4 is 11.8 Å². The molecule has 0 aliphatic rings. The Hall–Kier alpha value is -1.93. The summed E-state index contributed by atoms with van der Waals surface area (Å²) >= 11 is 0. The van der Waals surface area contributed by atoms with Gasteiger partial charge >= 0.3 is 12.1 Å². The van der Waals surface area contributed by atoms with Crippen molar-refractivity contribution in [2.75, 3.05) is 5.73 Å². The van der Waals surface area contributed by atoms with Crippen LogP contribution in [-0.4, -0.2) is 16.1 Å². The van der Waals surface area contributed by atoms with E-state index in [0.717, 1.165) is 0 Å². The van der Waals surface area contributed by atoms with Gasteiger partial charge in [-0.3, -0.25) is 4.79 Å². The molecule has 0 aliphatic heterocycles. The van der Waals surface area contributed by atoms with Crippen molar-refractivity contribution in [3.8, 4) is 0 Å². The second-order valence-corrected chi connectivity index (χ2v) is 3.33. The number of carbonyl (C=O) groups is 1. The molecule has 3 N–H and O–H groups in total. The highest BCUT2D eigenvalue weighted by Crippen LogP contribution is 2.36. The van der Waals surface area contributed by atoms with Gasteiger partial charge in [0.05, 0.1) is 12.0 Å². The summed E-state index contributed by atoms with van der Waals surface area (Å²) in [6, 6.07) is 0.290. The van der Waals surface area contributed by atoms with Crippen molar-refractivity contribution in [2.45, 2.75) is 19.0 Å². The highest BCUT2D eigenvalue weighted by molar-refractivity contribution is 5.72. The Morgan fingerprint density at radius 2 is 2.00 bits per heavy atom. The fourth-order valence-corrected chi connectivity index (χ4v) is 1.28. The van der Waals surface area contributed by atoms with E-state index in [-0.39, 0.29) is 6.07 Å². The molecular weight excluding hydrogens is 263 g/mol. The van der Waals surface area contributed by atoms with Crippen molar-refractivity contribution < 1.29 is 31.9 Å². The third kappa shape index (κ3) is 3.05. The number of carboxylic acid groups (broad SMARTS) is 1. The number of halogens is 5. The van der Waals surface area contributed by atoms with Crippen LogP contribution >= 0.6 is 0 Å². The number of nitrogens with zero attached hydrogens (tertiary/aromatic N) is 1. The van der Waals surface area contributed by atoms with E-state index in [1.54, 1.807) is 0 Å². The second-order valence-electron chi connectivity index (χ2n) is 3.33. The molecule has 0 spiro atoms. The fourth-order valence-electron chi connectivity index (χ4n) is 1.28. The Balaban J connectivity index is 3.40. The first-order valence-corrected chi connectivity index (χ1v) is 4.49. The number of aromatic nitrogens is 1. The molecule has 4 nitrogen and oxygen atoms in total. The van der Waals surface area contributed by atoms with Gasteiger partial charge in [0, 0.05) is 5.56 Å². The lowest BCUT2D eigenvalue weighted by Crippen LogP contribution is -2.15. The Morgan fingerprint density at radius 3 is 2.39 bits per heavy atom. The van der Waals surface area contributed by atoms with Crippen LogP contribution in [-0.2, 0) is 17.4 Å². The lowest BCUT2D eigenvalue weighted by atomic mass is 10.1. The topological polar surface area (TPSA) is 76.2 Å². The zero-order chi connectivity index (χ0) is 14.1. The second kappa shape index (κ2) is 4.75. The van der Waals surface area contributed by atoms with Crippen molar-refractivity contribution in [3.63, 3.8) is 0 Å². The quantitative estimate of drug-likeness (QED) is 0.826. The molecule has 0 unspecified atom stereocenters. The number of nitrogens with two attached hydrogens (primary N) is 1. The SMILES string of the molecule is Nc1nc(C(F)F)c(C(F)(F)F)cc1CC(=O)O. The molecule has 1 heterocycles. The number of pyridine rings is 1. The smallest absolute Gasteiger partial charge is 0.418 e. The number of anilines is 1. The zero-order valence-corrected chi connectivity index (χ0v) is 8.63. The molecule has 0 radical (unpaired) electrons. The molecule has 0 aromatic carbocycles. The van der Waals surface area contributed by atoms with Crippen molar-refractivity contribution in [3.05, 3.63) is 22.9 Å². The standard InChI is InChI=1S/C9H7F5N2O2/c10-7(11)6-4(9(12,13)14)1-3(2-5(17)18)8(15)16-6/h1,7H,2H2,(H2,15,16)(H,17,18). The highest BCUT2D eigenvalue weighted by Gasteiger charge is 2.37. The summed E-state index contributed by atoms with van der Waals surface area (Å²) in [5.74, 6) is -2.10. The molecule has 1 rings (SSSR count). The molecule has 0 fully saturated rings. The molecule has 9 heteroatoms. The number of aliphatic carboxylic acids is 1. The monoisotopic (exact) mass is 270 g/mol. The van der Waals surface area contributed by atoms with Crippen molar-refractivity contribution in [1.82, 2.24) is 4.98 Å². The number of alkyl halides is 5. The van der Waals surface area contributed by atoms with Gasteiger partial charge in [0.25, 0.3) is 6.43 Å². The van der Waals surface area contributed by atoms with Gasteiger partial charge in [-0.05, 0) is 6.07 Å². The molecule has 100 valence electrons. The summed E-state index contributed by atoms with van der Waals surface area (Å²) in [5.41, 5.74) is 1.50. The van der Waals surface area contributed by atoms with Gasteiger partial charge in [-0.2, -0.15) is 13.2 Å². The summed E-state index contributed by atoms with van der Waals surface area (Å²) in [6.45, 7) is 0. The van der Waals surface area contributed by atoms with E-state index in [1.165, 1.54) is 0 Å². The van der Waals surface area contributed by atoms with Crippen LogP contribution < -0.4 is 5.73 Å². The minimum Gasteiger partial charge on any atom is -0.481 e. The third-order valence-electron chi connectivity index (χ3n) is 2.02. The van der Waals surface area contributed by atoms with E-state index in [9.17, 15) is 26.7 Å². The van der Waals surface area contributed by atoms with Crippen LogP contribution in [0.2, 0.25) is 0 Å². The summed E-state index contributed by atoms with van der Waals surface area (Å²) in [6.07, 6.45) is -9.34. The van der Waals surface area contributed by atoms with Gasteiger partial charge in [0.15, 0.2) is 0 Å². The molecule has 0 saturated heterocycles. The van der Waals surface area contributed by atoms with Gasteiger partial charge < -0.3 is 10.8 Å². The molecular formula is C9H7F5N2O2. The predicted octanol–water partition coefficient (Wildman–Crippen LogP) is 2.25. The zero-order valence-electron chi connectivity index (χ0n) is 8.63. The Morgan fingerprint density at radius 1 is 1.44 bits per heavy atom. The predicted molar refractivity (Wildman–Crippen MR) is 49.9 cm³/mol. The number of hydrogen-bond acceptors (Lipinski definition) is 3. The molecule has 0 aliphatic carbocycles. The minimum atomic E-state index is -5.06. The van der Waals surface area contributed by atoms with Crippen LogP contribution in [0.3, 0.4) is 0 Å². The van der Waals surface area contributed by atoms with Crippen molar-refractivity contribution in [1.29, 1.82) is 0 Å². The van der Waals surface area contributed by atoms with Crippen LogP contribution in [0.25, 0.3) is 0 Å². The maximum Gasteiger partial charge on any atom is 0.418 e. The maximum absolute atomic E-state index is 12.5. The molecule has 0 amide bonds. The van der Waals surface area contributed by atoms with Crippen LogP contribution in [0.15, 0.2) is 6.07 Å². The van der Waals surface area contributed by atoms with E-state index < -0.39 is 47.6 Å². The average Bonchev–Trinajstić information content (AvgIpc) is 2.17.